The van der Waals surface area contributed by atoms with E-state index < -0.39 is 35.8 Å². The minimum atomic E-state index is -4.50. The zero-order valence-corrected chi connectivity index (χ0v) is 23.5. The molecule has 0 aromatic heterocycles. The molecule has 0 aliphatic carbocycles. The summed E-state index contributed by atoms with van der Waals surface area (Å²) in [6, 6.07) is 14.3. The van der Waals surface area contributed by atoms with Crippen molar-refractivity contribution >= 4 is 48.1 Å². The second kappa shape index (κ2) is 11.1. The molecular formula is C26H27N3O9S2. The van der Waals surface area contributed by atoms with Gasteiger partial charge in [-0.1, -0.05) is 12.1 Å². The Hall–Kier alpha value is -4.24. The van der Waals surface area contributed by atoms with Gasteiger partial charge in [0.1, 0.15) is 33.5 Å². The summed E-state index contributed by atoms with van der Waals surface area (Å²) in [7, 11) is -6.13. The molecule has 0 heterocycles. The lowest BCUT2D eigenvalue weighted by Gasteiger charge is -2.14. The van der Waals surface area contributed by atoms with Crippen LogP contribution in [0.15, 0.2) is 70.5 Å². The summed E-state index contributed by atoms with van der Waals surface area (Å²) in [6.45, 7) is 3.60. The average Bonchev–Trinajstić information content (AvgIpc) is 2.90. The molecule has 0 fully saturated rings. The molecule has 0 unspecified atom stereocenters. The van der Waals surface area contributed by atoms with Crippen molar-refractivity contribution in [2.75, 3.05) is 30.9 Å². The van der Waals surface area contributed by atoms with Crippen LogP contribution >= 0.6 is 0 Å². The molecule has 14 heteroatoms. The summed E-state index contributed by atoms with van der Waals surface area (Å²) < 4.78 is 72.3. The molecule has 0 aliphatic heterocycles. The van der Waals surface area contributed by atoms with Crippen molar-refractivity contribution in [2.24, 2.45) is 0 Å². The van der Waals surface area contributed by atoms with E-state index in [0.717, 1.165) is 35.4 Å². The highest BCUT2D eigenvalue weighted by molar-refractivity contribution is 7.87. The van der Waals surface area contributed by atoms with Crippen LogP contribution in [0.1, 0.15) is 11.1 Å². The maximum Gasteiger partial charge on any atom is 0.317 e. The number of ether oxygens (including phenoxy) is 2. The van der Waals surface area contributed by atoms with Crippen molar-refractivity contribution in [1.29, 1.82) is 0 Å². The zero-order valence-electron chi connectivity index (χ0n) is 21.9. The molecule has 4 aromatic rings. The van der Waals surface area contributed by atoms with Gasteiger partial charge in [-0.15, -0.1) is 8.57 Å². The topological polar surface area (TPSA) is 176 Å². The quantitative estimate of drug-likeness (QED) is 0.153. The van der Waals surface area contributed by atoms with Gasteiger partial charge in [0.05, 0.1) is 19.1 Å². The van der Waals surface area contributed by atoms with E-state index >= 15 is 0 Å². The molecule has 0 atom stereocenters. The maximum atomic E-state index is 13.0. The summed E-state index contributed by atoms with van der Waals surface area (Å²) in [6.07, 6.45) is 0. The van der Waals surface area contributed by atoms with Crippen molar-refractivity contribution in [3.63, 3.8) is 0 Å². The highest BCUT2D eigenvalue weighted by atomic mass is 32.2. The SMILES string of the molecule is COc1ccc(C)cc1NOS(=O)(=O)c1cc(N)c2c(O)cc(S(=O)(=O)ONc3cc(C)ccc3OC)cc2c1. The molecule has 212 valence electrons. The van der Waals surface area contributed by atoms with Crippen LogP contribution in [0.5, 0.6) is 17.2 Å². The molecule has 0 saturated carbocycles. The third-order valence-corrected chi connectivity index (χ3v) is 8.05. The number of methoxy groups -OCH3 is 2. The van der Waals surface area contributed by atoms with Gasteiger partial charge in [0, 0.05) is 17.1 Å². The number of nitrogen functional groups attached to an aromatic ring is 1. The Labute approximate surface area is 231 Å². The van der Waals surface area contributed by atoms with Gasteiger partial charge in [0.15, 0.2) is 0 Å². The second-order valence-corrected chi connectivity index (χ2v) is 11.8. The molecule has 5 N–H and O–H groups in total. The average molecular weight is 590 g/mol. The number of nitrogens with one attached hydrogen (secondary N) is 2. The first-order valence-electron chi connectivity index (χ1n) is 11.6. The van der Waals surface area contributed by atoms with E-state index in [9.17, 15) is 21.9 Å². The van der Waals surface area contributed by atoms with Crippen molar-refractivity contribution in [3.05, 3.63) is 71.8 Å². The van der Waals surface area contributed by atoms with Crippen LogP contribution in [0.4, 0.5) is 17.1 Å². The van der Waals surface area contributed by atoms with Gasteiger partial charge >= 0.3 is 20.2 Å². The Morgan fingerprint density at radius 2 is 1.15 bits per heavy atom. The maximum absolute atomic E-state index is 13.0. The number of phenols is 1. The van der Waals surface area contributed by atoms with Gasteiger partial charge in [-0.05, 0) is 72.8 Å². The zero-order chi connectivity index (χ0) is 29.2. The van der Waals surface area contributed by atoms with Crippen LogP contribution < -0.4 is 26.2 Å². The summed E-state index contributed by atoms with van der Waals surface area (Å²) in [5, 5.41) is 10.6. The number of aryl methyl sites for hydroxylation is 2. The number of anilines is 3. The Kier molecular flexibility index (Phi) is 7.98. The first-order chi connectivity index (χ1) is 18.8. The van der Waals surface area contributed by atoms with E-state index in [-0.39, 0.29) is 27.8 Å². The van der Waals surface area contributed by atoms with Gasteiger partial charge in [-0.25, -0.2) is 11.0 Å². The highest BCUT2D eigenvalue weighted by Crippen LogP contribution is 2.36. The predicted octanol–water partition coefficient (Wildman–Crippen LogP) is 4.23. The molecule has 0 spiro atoms. The second-order valence-electron chi connectivity index (χ2n) is 8.74. The molecule has 0 bridgehead atoms. The number of aromatic hydroxyl groups is 1. The van der Waals surface area contributed by atoms with Crippen molar-refractivity contribution < 1.29 is 40.0 Å². The first-order valence-corrected chi connectivity index (χ1v) is 14.4. The van der Waals surface area contributed by atoms with Crippen LogP contribution in [0.2, 0.25) is 0 Å². The predicted molar refractivity (Wildman–Crippen MR) is 149 cm³/mol. The summed E-state index contributed by atoms with van der Waals surface area (Å²) in [4.78, 5) is -0.858. The van der Waals surface area contributed by atoms with E-state index in [1.807, 2.05) is 0 Å². The van der Waals surface area contributed by atoms with Crippen molar-refractivity contribution in [3.8, 4) is 17.2 Å². The number of benzene rings is 4. The molecule has 40 heavy (non-hydrogen) atoms. The molecule has 0 aliphatic rings. The molecule has 4 aromatic carbocycles. The molecular weight excluding hydrogens is 562 g/mol. The van der Waals surface area contributed by atoms with Crippen LogP contribution in [0.3, 0.4) is 0 Å². The standard InChI is InChI=1S/C26H27N3O9S2/c1-15-5-7-24(35-3)21(9-15)28-37-39(31,32)18-11-17-12-19(14-23(30)26(17)20(27)13-18)40(33,34)38-29-22-10-16(2)6-8-25(22)36-4/h5-14,28-30H,27H2,1-4H3. The fourth-order valence-electron chi connectivity index (χ4n) is 3.86. The number of nitrogens with two attached hydrogens (primary N) is 1. The van der Waals surface area contributed by atoms with Crippen molar-refractivity contribution in [2.45, 2.75) is 23.6 Å². The monoisotopic (exact) mass is 589 g/mol. The van der Waals surface area contributed by atoms with Gasteiger partial charge < -0.3 is 20.3 Å². The minimum Gasteiger partial charge on any atom is -0.507 e. The summed E-state index contributed by atoms with van der Waals surface area (Å²) in [5.74, 6) is 0.176. The molecule has 0 radical (unpaired) electrons. The van der Waals surface area contributed by atoms with E-state index in [0.29, 0.717) is 11.5 Å². The Morgan fingerprint density at radius 3 is 1.60 bits per heavy atom. The summed E-state index contributed by atoms with van der Waals surface area (Å²) >= 11 is 0. The number of fused-ring (bicyclic) bond motifs is 1. The van der Waals surface area contributed by atoms with E-state index in [1.54, 1.807) is 50.2 Å². The molecule has 4 rings (SSSR count). The van der Waals surface area contributed by atoms with E-state index in [1.165, 1.54) is 14.2 Å². The van der Waals surface area contributed by atoms with E-state index in [2.05, 4.69) is 11.0 Å². The molecule has 0 saturated heterocycles. The smallest absolute Gasteiger partial charge is 0.317 e. The van der Waals surface area contributed by atoms with E-state index in [4.69, 9.17) is 23.8 Å². The van der Waals surface area contributed by atoms with Crippen LogP contribution in [-0.2, 0) is 28.8 Å². The lowest BCUT2D eigenvalue weighted by Crippen LogP contribution is -2.13. The molecule has 0 amide bonds. The number of rotatable bonds is 10. The lowest BCUT2D eigenvalue weighted by molar-refractivity contribution is 0.377. The fourth-order valence-corrected chi connectivity index (χ4v) is 5.52. The Morgan fingerprint density at radius 1 is 0.700 bits per heavy atom. The Bertz CT molecular complexity index is 1680. The van der Waals surface area contributed by atoms with Crippen LogP contribution in [0, 0.1) is 13.8 Å². The fraction of sp³-hybridized carbons (Fsp3) is 0.154. The third kappa shape index (κ3) is 5.99. The first kappa shape index (κ1) is 28.8. The number of hydrogen-bond donors (Lipinski definition) is 4. The largest absolute Gasteiger partial charge is 0.507 e. The van der Waals surface area contributed by atoms with Crippen molar-refractivity contribution in [1.82, 2.24) is 0 Å². The highest BCUT2D eigenvalue weighted by Gasteiger charge is 2.24. The van der Waals surface area contributed by atoms with Gasteiger partial charge in [0.2, 0.25) is 0 Å². The minimum absolute atomic E-state index is 0.00521. The van der Waals surface area contributed by atoms with Gasteiger partial charge in [0.25, 0.3) is 0 Å². The van der Waals surface area contributed by atoms with Crippen LogP contribution in [-0.4, -0.2) is 36.2 Å². The molecule has 12 nitrogen and oxygen atoms in total. The summed E-state index contributed by atoms with van der Waals surface area (Å²) in [5.41, 5.74) is 12.8. The third-order valence-electron chi connectivity index (χ3n) is 5.82. The van der Waals surface area contributed by atoms with Gasteiger partial charge in [-0.3, -0.25) is 0 Å². The van der Waals surface area contributed by atoms with Gasteiger partial charge in [-0.2, -0.15) is 16.8 Å². The Balaban J connectivity index is 1.66. The number of hydrogen-bond acceptors (Lipinski definition) is 12. The normalized spacial score (nSPS) is 11.8. The number of phenolic OH excluding ortho intramolecular Hbond substituents is 1. The van der Waals surface area contributed by atoms with Crippen LogP contribution in [0.25, 0.3) is 10.8 Å². The lowest BCUT2D eigenvalue weighted by atomic mass is 10.1.